The first-order chi connectivity index (χ1) is 12.6. The van der Waals surface area contributed by atoms with Crippen molar-refractivity contribution in [3.63, 3.8) is 0 Å². The molecule has 1 N–H and O–H groups in total. The molecular weight excluding hydrogens is 565 g/mol. The number of hydrogen-bond donors (Lipinski definition) is 1. The SMILES string of the molecule is OC(CI)CCP(I)(c1ccccc1)(c1ccccc1)c1ccccc1. The molecule has 0 aliphatic rings. The van der Waals surface area contributed by atoms with E-state index < -0.39 is 4.25 Å². The van der Waals surface area contributed by atoms with Gasteiger partial charge in [-0.2, -0.15) is 0 Å². The third-order valence-electron chi connectivity index (χ3n) is 4.94. The van der Waals surface area contributed by atoms with Crippen LogP contribution in [0.3, 0.4) is 0 Å². The molecule has 4 heteroatoms. The van der Waals surface area contributed by atoms with E-state index in [2.05, 4.69) is 136 Å². The van der Waals surface area contributed by atoms with Crippen LogP contribution in [0.2, 0.25) is 0 Å². The van der Waals surface area contributed by atoms with E-state index in [-0.39, 0.29) is 6.10 Å². The van der Waals surface area contributed by atoms with Crippen molar-refractivity contribution in [3.8, 4) is 0 Å². The van der Waals surface area contributed by atoms with Crippen molar-refractivity contribution < 1.29 is 5.11 Å². The Morgan fingerprint density at radius 3 is 1.35 bits per heavy atom. The third kappa shape index (κ3) is 3.73. The van der Waals surface area contributed by atoms with Gasteiger partial charge >= 0.3 is 184 Å². The van der Waals surface area contributed by atoms with Gasteiger partial charge in [-0.25, -0.2) is 0 Å². The van der Waals surface area contributed by atoms with Gasteiger partial charge in [-0.3, -0.25) is 0 Å². The molecule has 0 spiro atoms. The number of aliphatic hydroxyl groups excluding tert-OH is 1. The van der Waals surface area contributed by atoms with E-state index in [1.807, 2.05) is 0 Å². The number of aliphatic hydroxyl groups is 1. The van der Waals surface area contributed by atoms with E-state index in [1.165, 1.54) is 15.9 Å². The maximum absolute atomic E-state index is 10.4. The Bertz CT molecular complexity index is 725. The van der Waals surface area contributed by atoms with Gasteiger partial charge < -0.3 is 0 Å². The van der Waals surface area contributed by atoms with E-state index in [4.69, 9.17) is 0 Å². The van der Waals surface area contributed by atoms with Gasteiger partial charge in [-0.1, -0.05) is 0 Å². The van der Waals surface area contributed by atoms with Crippen LogP contribution >= 0.6 is 48.9 Å². The quantitative estimate of drug-likeness (QED) is 0.233. The summed E-state index contributed by atoms with van der Waals surface area (Å²) in [7, 11) is 0. The molecule has 0 heterocycles. The van der Waals surface area contributed by atoms with Crippen molar-refractivity contribution in [2.45, 2.75) is 12.5 Å². The predicted molar refractivity (Wildman–Crippen MR) is 134 cm³/mol. The molecular formula is C22H23I2OP. The van der Waals surface area contributed by atoms with E-state index >= 15 is 0 Å². The van der Waals surface area contributed by atoms with Crippen molar-refractivity contribution in [2.75, 3.05) is 10.6 Å². The van der Waals surface area contributed by atoms with Crippen molar-refractivity contribution in [2.24, 2.45) is 0 Å². The molecule has 0 saturated heterocycles. The van der Waals surface area contributed by atoms with Gasteiger partial charge in [0.15, 0.2) is 0 Å². The van der Waals surface area contributed by atoms with Crippen LogP contribution in [0, 0.1) is 0 Å². The summed E-state index contributed by atoms with van der Waals surface area (Å²) < 4.78 is -1.94. The molecule has 0 fully saturated rings. The average Bonchev–Trinajstić information content (AvgIpc) is 2.74. The Kier molecular flexibility index (Phi) is 6.76. The summed E-state index contributed by atoms with van der Waals surface area (Å²) in [5, 5.41) is 14.5. The fourth-order valence-corrected chi connectivity index (χ4v) is 12.5. The van der Waals surface area contributed by atoms with Crippen LogP contribution in [0.15, 0.2) is 91.0 Å². The summed E-state index contributed by atoms with van der Waals surface area (Å²) in [5.74, 6) is 0. The molecule has 26 heavy (non-hydrogen) atoms. The molecule has 1 atom stereocenters. The molecule has 1 unspecified atom stereocenters. The standard InChI is InChI=1S/C22H23I2OP/c23-18-19(25)16-17-26(24,20-10-4-1-5-11-20,21-12-6-2-7-13-21)22-14-8-3-9-15-22/h1-15,19,25H,16-18H2. The van der Waals surface area contributed by atoms with Crippen LogP contribution in [-0.2, 0) is 0 Å². The molecule has 0 aliphatic heterocycles. The van der Waals surface area contributed by atoms with Crippen LogP contribution in [0.25, 0.3) is 0 Å². The van der Waals surface area contributed by atoms with E-state index in [1.54, 1.807) is 0 Å². The van der Waals surface area contributed by atoms with Crippen LogP contribution in [-0.4, -0.2) is 21.8 Å². The normalized spacial score (nSPS) is 14.3. The molecule has 0 aliphatic carbocycles. The number of hydrogen-bond acceptors (Lipinski definition) is 1. The first-order valence-corrected chi connectivity index (χ1v) is 15.5. The van der Waals surface area contributed by atoms with E-state index in [0.29, 0.717) is 0 Å². The molecule has 0 amide bonds. The first kappa shape index (κ1) is 20.2. The molecule has 0 aromatic heterocycles. The Morgan fingerprint density at radius 2 is 1.04 bits per heavy atom. The molecule has 0 bridgehead atoms. The molecule has 1 nitrogen and oxygen atoms in total. The monoisotopic (exact) mass is 588 g/mol. The van der Waals surface area contributed by atoms with Gasteiger partial charge in [0.05, 0.1) is 0 Å². The van der Waals surface area contributed by atoms with Crippen LogP contribution in [0.4, 0.5) is 0 Å². The minimum atomic E-state index is -2.71. The summed E-state index contributed by atoms with van der Waals surface area (Å²) in [6, 6.07) is 32.6. The van der Waals surface area contributed by atoms with Gasteiger partial charge in [-0.15, -0.1) is 0 Å². The molecule has 3 aromatic rings. The van der Waals surface area contributed by atoms with Gasteiger partial charge in [0.1, 0.15) is 0 Å². The van der Waals surface area contributed by atoms with Crippen LogP contribution in [0.1, 0.15) is 6.42 Å². The zero-order valence-corrected chi connectivity index (χ0v) is 19.7. The van der Waals surface area contributed by atoms with Crippen molar-refractivity contribution in [1.82, 2.24) is 0 Å². The van der Waals surface area contributed by atoms with Gasteiger partial charge in [-0.05, 0) is 0 Å². The average molecular weight is 588 g/mol. The van der Waals surface area contributed by atoms with E-state index in [9.17, 15) is 5.11 Å². The Hall–Kier alpha value is -0.490. The molecule has 136 valence electrons. The molecule has 0 saturated carbocycles. The van der Waals surface area contributed by atoms with Gasteiger partial charge in [0, 0.05) is 0 Å². The van der Waals surface area contributed by atoms with Crippen LogP contribution in [0.5, 0.6) is 0 Å². The van der Waals surface area contributed by atoms with Crippen molar-refractivity contribution >= 4 is 64.8 Å². The Morgan fingerprint density at radius 1 is 0.692 bits per heavy atom. The Balaban J connectivity index is 2.31. The predicted octanol–water partition coefficient (Wildman–Crippen LogP) is 5.05. The number of benzene rings is 3. The third-order valence-corrected chi connectivity index (χ3v) is 17.6. The number of alkyl halides is 1. The van der Waals surface area contributed by atoms with Crippen molar-refractivity contribution in [1.29, 1.82) is 0 Å². The summed E-state index contributed by atoms with van der Waals surface area (Å²) in [5.41, 5.74) is 0. The minimum absolute atomic E-state index is 0.275. The molecule has 3 aromatic carbocycles. The maximum atomic E-state index is 10.4. The van der Waals surface area contributed by atoms with Crippen LogP contribution < -0.4 is 15.9 Å². The summed E-state index contributed by atoms with van der Waals surface area (Å²) in [6.45, 7) is 0. The zero-order chi connectivity index (χ0) is 18.5. The summed E-state index contributed by atoms with van der Waals surface area (Å²) >= 11 is 5.05. The van der Waals surface area contributed by atoms with Crippen molar-refractivity contribution in [3.05, 3.63) is 91.0 Å². The fraction of sp³-hybridized carbons (Fsp3) is 0.182. The second kappa shape index (κ2) is 8.68. The topological polar surface area (TPSA) is 20.2 Å². The second-order valence-corrected chi connectivity index (χ2v) is 18.1. The summed E-state index contributed by atoms with van der Waals surface area (Å²) in [6.07, 6.45) is 1.47. The number of halogens is 2. The molecule has 0 radical (unpaired) electrons. The fourth-order valence-electron chi connectivity index (χ4n) is 3.52. The van der Waals surface area contributed by atoms with Gasteiger partial charge in [0.2, 0.25) is 0 Å². The first-order valence-electron chi connectivity index (χ1n) is 8.73. The Labute approximate surface area is 182 Å². The second-order valence-electron chi connectivity index (χ2n) is 6.51. The van der Waals surface area contributed by atoms with E-state index in [0.717, 1.165) is 17.0 Å². The summed E-state index contributed by atoms with van der Waals surface area (Å²) in [4.78, 5) is 0. The zero-order valence-electron chi connectivity index (χ0n) is 14.5. The van der Waals surface area contributed by atoms with Gasteiger partial charge in [0.25, 0.3) is 0 Å². The number of rotatable bonds is 7. The molecule has 3 rings (SSSR count).